The van der Waals surface area contributed by atoms with E-state index in [0.29, 0.717) is 5.56 Å². The Balaban J connectivity index is 1.20. The maximum Gasteiger partial charge on any atom is 0.115 e. The third kappa shape index (κ3) is 5.71. The predicted octanol–water partition coefficient (Wildman–Crippen LogP) is 15.2. The molecule has 0 aromatic heterocycles. The van der Waals surface area contributed by atoms with Gasteiger partial charge in [-0.05, 0) is 124 Å². The summed E-state index contributed by atoms with van der Waals surface area (Å²) in [5, 5.41) is 9.87. The maximum atomic E-state index is 13.4. The fraction of sp³-hybridized carbons (Fsp3) is 0.0189. The smallest absolute Gasteiger partial charge is 0.115 e. The van der Waals surface area contributed by atoms with Gasteiger partial charge < -0.3 is 4.90 Å². The third-order valence-electron chi connectivity index (χ3n) is 11.0. The molecule has 0 atom stereocenters. The number of halogens is 1. The van der Waals surface area contributed by atoms with Crippen molar-refractivity contribution < 1.29 is 4.39 Å². The molecule has 0 saturated heterocycles. The van der Waals surface area contributed by atoms with Crippen LogP contribution in [-0.4, -0.2) is 0 Å². The second-order valence-corrected chi connectivity index (χ2v) is 14.1. The van der Waals surface area contributed by atoms with Crippen molar-refractivity contribution in [2.45, 2.75) is 6.67 Å². The molecule has 0 radical (unpaired) electrons. The molecule has 0 bridgehead atoms. The Labute approximate surface area is 320 Å². The summed E-state index contributed by atoms with van der Waals surface area (Å²) in [6, 6.07) is 73.5. The molecule has 0 aliphatic rings. The summed E-state index contributed by atoms with van der Waals surface area (Å²) in [5.74, 6) is 0. The van der Waals surface area contributed by atoms with Crippen molar-refractivity contribution in [2.75, 3.05) is 4.90 Å². The van der Waals surface area contributed by atoms with Crippen LogP contribution in [0.2, 0.25) is 0 Å². The molecule has 10 aromatic carbocycles. The van der Waals surface area contributed by atoms with Crippen LogP contribution in [0.4, 0.5) is 21.5 Å². The molecular weight excluding hydrogens is 670 g/mol. The molecule has 0 aliphatic heterocycles. The van der Waals surface area contributed by atoms with Crippen molar-refractivity contribution in [3.63, 3.8) is 0 Å². The maximum absolute atomic E-state index is 13.4. The van der Waals surface area contributed by atoms with Crippen molar-refractivity contribution in [3.8, 4) is 33.4 Å². The van der Waals surface area contributed by atoms with Gasteiger partial charge in [-0.25, -0.2) is 4.39 Å². The molecule has 2 heteroatoms. The first kappa shape index (κ1) is 32.6. The molecule has 55 heavy (non-hydrogen) atoms. The number of rotatable bonds is 7. The first-order valence-electron chi connectivity index (χ1n) is 18.8. The molecule has 0 unspecified atom stereocenters. The molecule has 0 fully saturated rings. The van der Waals surface area contributed by atoms with E-state index in [-0.39, 0.29) is 0 Å². The summed E-state index contributed by atoms with van der Waals surface area (Å²) in [4.78, 5) is 2.22. The van der Waals surface area contributed by atoms with E-state index in [1.807, 2.05) is 42.5 Å². The van der Waals surface area contributed by atoms with Gasteiger partial charge in [-0.2, -0.15) is 0 Å². The lowest BCUT2D eigenvalue weighted by molar-refractivity contribution is 0.485. The van der Waals surface area contributed by atoms with Gasteiger partial charge in [0.1, 0.15) is 6.67 Å². The number of fused-ring (bicyclic) bond motifs is 4. The van der Waals surface area contributed by atoms with Gasteiger partial charge in [0.2, 0.25) is 0 Å². The monoisotopic (exact) mass is 705 g/mol. The Kier molecular flexibility index (Phi) is 8.15. The molecule has 10 aromatic rings. The van der Waals surface area contributed by atoms with Crippen molar-refractivity contribution in [1.29, 1.82) is 0 Å². The highest BCUT2D eigenvalue weighted by Crippen LogP contribution is 2.47. The van der Waals surface area contributed by atoms with Crippen molar-refractivity contribution in [1.82, 2.24) is 0 Å². The van der Waals surface area contributed by atoms with E-state index < -0.39 is 6.67 Å². The minimum atomic E-state index is -0.479. The van der Waals surface area contributed by atoms with Gasteiger partial charge in [-0.3, -0.25) is 0 Å². The van der Waals surface area contributed by atoms with Crippen molar-refractivity contribution >= 4 is 60.2 Å². The molecule has 1 nitrogen and oxygen atoms in total. The summed E-state index contributed by atoms with van der Waals surface area (Å²) >= 11 is 0. The van der Waals surface area contributed by atoms with Gasteiger partial charge in [0, 0.05) is 17.1 Å². The van der Waals surface area contributed by atoms with Crippen LogP contribution in [0.25, 0.3) is 76.5 Å². The first-order chi connectivity index (χ1) is 27.2. The molecule has 0 N–H and O–H groups in total. The van der Waals surface area contributed by atoms with Crippen LogP contribution in [-0.2, 0) is 6.67 Å². The van der Waals surface area contributed by atoms with E-state index in [1.54, 1.807) is 0 Å². The van der Waals surface area contributed by atoms with Crippen LogP contribution in [0.5, 0.6) is 0 Å². The van der Waals surface area contributed by atoms with Crippen LogP contribution in [0, 0.1) is 0 Å². The van der Waals surface area contributed by atoms with E-state index in [4.69, 9.17) is 0 Å². The summed E-state index contributed by atoms with van der Waals surface area (Å²) in [5.41, 5.74) is 11.0. The fourth-order valence-corrected chi connectivity index (χ4v) is 8.39. The van der Waals surface area contributed by atoms with Gasteiger partial charge in [0.25, 0.3) is 0 Å². The normalized spacial score (nSPS) is 11.4. The SMILES string of the molecule is FCc1ccc(N(c2ccccc2)c2ccc(-c3ccc4c(-c5cccc6ccccc56)c5ccccc5c(-c5cccc6ccccc56)c4c3)cc2)cc1. The lowest BCUT2D eigenvalue weighted by Gasteiger charge is -2.26. The van der Waals surface area contributed by atoms with E-state index in [0.717, 1.165) is 28.2 Å². The Morgan fingerprint density at radius 3 is 1.35 bits per heavy atom. The van der Waals surface area contributed by atoms with Crippen LogP contribution >= 0.6 is 0 Å². The highest BCUT2D eigenvalue weighted by atomic mass is 19.1. The molecular formula is C53H36FN. The van der Waals surface area contributed by atoms with Crippen LogP contribution in [0.15, 0.2) is 206 Å². The van der Waals surface area contributed by atoms with Gasteiger partial charge in [-0.1, -0.05) is 164 Å². The Hall–Kier alpha value is -7.03. The minimum Gasteiger partial charge on any atom is -0.311 e. The van der Waals surface area contributed by atoms with Crippen molar-refractivity contribution in [2.24, 2.45) is 0 Å². The summed E-state index contributed by atoms with van der Waals surface area (Å²) < 4.78 is 13.4. The van der Waals surface area contributed by atoms with Gasteiger partial charge >= 0.3 is 0 Å². The summed E-state index contributed by atoms with van der Waals surface area (Å²) in [7, 11) is 0. The van der Waals surface area contributed by atoms with Gasteiger partial charge in [0.05, 0.1) is 0 Å². The van der Waals surface area contributed by atoms with Crippen LogP contribution < -0.4 is 4.90 Å². The average Bonchev–Trinajstić information content (AvgIpc) is 3.26. The number of nitrogens with zero attached hydrogens (tertiary/aromatic N) is 1. The molecule has 0 spiro atoms. The van der Waals surface area contributed by atoms with E-state index in [1.165, 1.54) is 65.3 Å². The zero-order valence-corrected chi connectivity index (χ0v) is 30.2. The second-order valence-electron chi connectivity index (χ2n) is 14.1. The summed E-state index contributed by atoms with van der Waals surface area (Å²) in [6.07, 6.45) is 0. The lowest BCUT2D eigenvalue weighted by Crippen LogP contribution is -2.09. The third-order valence-corrected chi connectivity index (χ3v) is 11.0. The zero-order valence-electron chi connectivity index (χ0n) is 30.2. The highest BCUT2D eigenvalue weighted by molar-refractivity contribution is 6.25. The number of benzene rings is 10. The molecule has 10 rings (SSSR count). The topological polar surface area (TPSA) is 3.24 Å². The van der Waals surface area contributed by atoms with Gasteiger partial charge in [0.15, 0.2) is 0 Å². The highest BCUT2D eigenvalue weighted by Gasteiger charge is 2.20. The standard InChI is InChI=1S/C53H36FN/c54-35-36-24-29-42(30-25-36)55(41-16-2-1-3-17-41)43-31-26-37(27-32-43)40-28-33-50-51(34-40)53(47-23-11-15-39-13-5-7-19-45(39)47)49-21-9-8-20-48(49)52(50)46-22-10-14-38-12-4-6-18-44(38)46/h1-34H,35H2. The predicted molar refractivity (Wildman–Crippen MR) is 232 cm³/mol. The number of hydrogen-bond acceptors (Lipinski definition) is 1. The fourth-order valence-electron chi connectivity index (χ4n) is 8.39. The van der Waals surface area contributed by atoms with E-state index in [9.17, 15) is 4.39 Å². The lowest BCUT2D eigenvalue weighted by atomic mass is 9.83. The Morgan fingerprint density at radius 1 is 0.327 bits per heavy atom. The van der Waals surface area contributed by atoms with E-state index >= 15 is 0 Å². The summed E-state index contributed by atoms with van der Waals surface area (Å²) in [6.45, 7) is -0.479. The number of hydrogen-bond donors (Lipinski definition) is 0. The quantitative estimate of drug-likeness (QED) is 0.149. The van der Waals surface area contributed by atoms with Gasteiger partial charge in [-0.15, -0.1) is 0 Å². The molecule has 0 heterocycles. The second kappa shape index (κ2) is 13.7. The average molecular weight is 706 g/mol. The zero-order chi connectivity index (χ0) is 36.7. The largest absolute Gasteiger partial charge is 0.311 e. The molecule has 260 valence electrons. The first-order valence-corrected chi connectivity index (χ1v) is 18.8. The number of alkyl halides is 1. The Morgan fingerprint density at radius 2 is 0.764 bits per heavy atom. The van der Waals surface area contributed by atoms with Crippen LogP contribution in [0.3, 0.4) is 0 Å². The van der Waals surface area contributed by atoms with Crippen molar-refractivity contribution in [3.05, 3.63) is 212 Å². The number of anilines is 3. The Bertz CT molecular complexity index is 2990. The molecule has 0 saturated carbocycles. The minimum absolute atomic E-state index is 0.479. The number of para-hydroxylation sites is 1. The molecule has 0 amide bonds. The van der Waals surface area contributed by atoms with Crippen LogP contribution in [0.1, 0.15) is 5.56 Å². The molecule has 0 aliphatic carbocycles. The van der Waals surface area contributed by atoms with E-state index in [2.05, 4.69) is 169 Å².